The van der Waals surface area contributed by atoms with E-state index in [2.05, 4.69) is 10.1 Å². The van der Waals surface area contributed by atoms with Gasteiger partial charge in [0.05, 0.1) is 22.0 Å². The van der Waals surface area contributed by atoms with Crippen LogP contribution in [0, 0.1) is 10.1 Å². The lowest BCUT2D eigenvalue weighted by atomic mass is 9.88. The maximum absolute atomic E-state index is 13.3. The number of ether oxygens (including phenoxy) is 1. The lowest BCUT2D eigenvalue weighted by Gasteiger charge is -2.22. The van der Waals surface area contributed by atoms with Crippen LogP contribution in [0.2, 0.25) is 0 Å². The quantitative estimate of drug-likeness (QED) is 0.212. The summed E-state index contributed by atoms with van der Waals surface area (Å²) in [6, 6.07) is 17.3. The van der Waals surface area contributed by atoms with Crippen molar-refractivity contribution in [1.82, 2.24) is 14.6 Å². The van der Waals surface area contributed by atoms with E-state index in [0.29, 0.717) is 22.5 Å². The molecule has 0 saturated heterocycles. The number of hydrogen-bond acceptors (Lipinski definition) is 7. The van der Waals surface area contributed by atoms with Crippen molar-refractivity contribution in [2.75, 3.05) is 0 Å². The fourth-order valence-corrected chi connectivity index (χ4v) is 4.29. The minimum Gasteiger partial charge on any atom is -0.439 e. The van der Waals surface area contributed by atoms with Gasteiger partial charge >= 0.3 is 0 Å². The SMILES string of the molecule is O=c1c2ccccc2nc(C2CCCCC2)n1N=Cc1ccc(Oc2ccc([N+](=O)[O-])cn2)cc1. The zero-order valence-electron chi connectivity index (χ0n) is 18.9. The summed E-state index contributed by atoms with van der Waals surface area (Å²) in [5.74, 6) is 1.70. The van der Waals surface area contributed by atoms with Crippen molar-refractivity contribution in [1.29, 1.82) is 0 Å². The average molecular weight is 470 g/mol. The molecule has 0 unspecified atom stereocenters. The summed E-state index contributed by atoms with van der Waals surface area (Å²) >= 11 is 0. The number of rotatable bonds is 6. The maximum Gasteiger partial charge on any atom is 0.287 e. The molecule has 1 aliphatic rings. The smallest absolute Gasteiger partial charge is 0.287 e. The van der Waals surface area contributed by atoms with Crippen molar-refractivity contribution in [3.63, 3.8) is 0 Å². The normalized spacial score (nSPS) is 14.4. The minimum atomic E-state index is -0.513. The van der Waals surface area contributed by atoms with Crippen LogP contribution in [0.1, 0.15) is 49.4 Å². The van der Waals surface area contributed by atoms with Crippen LogP contribution in [0.15, 0.2) is 76.8 Å². The van der Waals surface area contributed by atoms with Crippen molar-refractivity contribution in [2.24, 2.45) is 5.10 Å². The second-order valence-corrected chi connectivity index (χ2v) is 8.47. The zero-order valence-corrected chi connectivity index (χ0v) is 18.9. The van der Waals surface area contributed by atoms with Crippen LogP contribution in [0.5, 0.6) is 11.6 Å². The Kier molecular flexibility index (Phi) is 6.30. The van der Waals surface area contributed by atoms with Gasteiger partial charge in [0, 0.05) is 18.1 Å². The standard InChI is InChI=1S/C26H23N5O4/c32-26-22-8-4-5-9-23(22)29-25(19-6-2-1-3-7-19)30(26)28-16-18-10-13-21(14-11-18)35-24-15-12-20(17-27-24)31(33)34/h4-5,8-17,19H,1-3,6-7H2. The third kappa shape index (κ3) is 4.93. The number of fused-ring (bicyclic) bond motifs is 1. The third-order valence-electron chi connectivity index (χ3n) is 6.11. The molecule has 1 aliphatic carbocycles. The van der Waals surface area contributed by atoms with Gasteiger partial charge in [0.15, 0.2) is 0 Å². The summed E-state index contributed by atoms with van der Waals surface area (Å²) in [5.41, 5.74) is 1.21. The minimum absolute atomic E-state index is 0.102. The molecule has 35 heavy (non-hydrogen) atoms. The molecule has 1 fully saturated rings. The van der Waals surface area contributed by atoms with E-state index in [0.717, 1.165) is 37.4 Å². The van der Waals surface area contributed by atoms with Crippen LogP contribution in [-0.2, 0) is 0 Å². The molecule has 9 heteroatoms. The van der Waals surface area contributed by atoms with E-state index in [-0.39, 0.29) is 23.0 Å². The van der Waals surface area contributed by atoms with Gasteiger partial charge in [-0.05, 0) is 54.8 Å². The fourth-order valence-electron chi connectivity index (χ4n) is 4.29. The fraction of sp³-hybridized carbons (Fsp3) is 0.231. The van der Waals surface area contributed by atoms with Gasteiger partial charge in [-0.15, -0.1) is 0 Å². The Labute approximate surface area is 200 Å². The summed E-state index contributed by atoms with van der Waals surface area (Å²) in [6.45, 7) is 0. The Hall–Kier alpha value is -4.40. The molecule has 0 bridgehead atoms. The molecule has 1 saturated carbocycles. The average Bonchev–Trinajstić information content (AvgIpc) is 2.90. The number of nitrogens with zero attached hydrogens (tertiary/aromatic N) is 5. The number of aromatic nitrogens is 3. The monoisotopic (exact) mass is 469 g/mol. The van der Waals surface area contributed by atoms with Crippen LogP contribution in [0.4, 0.5) is 5.69 Å². The van der Waals surface area contributed by atoms with E-state index < -0.39 is 4.92 Å². The molecule has 2 heterocycles. The van der Waals surface area contributed by atoms with E-state index in [1.165, 1.54) is 23.2 Å². The Morgan fingerprint density at radius 2 is 1.80 bits per heavy atom. The Bertz CT molecular complexity index is 1440. The first-order chi connectivity index (χ1) is 17.1. The van der Waals surface area contributed by atoms with Gasteiger partial charge < -0.3 is 4.74 Å². The highest BCUT2D eigenvalue weighted by Crippen LogP contribution is 2.31. The van der Waals surface area contributed by atoms with Crippen molar-refractivity contribution in [3.05, 3.63) is 98.7 Å². The van der Waals surface area contributed by atoms with Crippen molar-refractivity contribution in [2.45, 2.75) is 38.0 Å². The van der Waals surface area contributed by atoms with Crippen LogP contribution in [0.3, 0.4) is 0 Å². The molecule has 0 aliphatic heterocycles. The molecule has 0 radical (unpaired) electrons. The zero-order chi connectivity index (χ0) is 24.2. The molecular weight excluding hydrogens is 446 g/mol. The van der Waals surface area contributed by atoms with E-state index in [4.69, 9.17) is 9.72 Å². The molecule has 2 aromatic heterocycles. The summed E-state index contributed by atoms with van der Waals surface area (Å²) in [7, 11) is 0. The Morgan fingerprint density at radius 3 is 2.51 bits per heavy atom. The summed E-state index contributed by atoms with van der Waals surface area (Å²) < 4.78 is 7.10. The number of benzene rings is 2. The molecule has 4 aromatic rings. The number of pyridine rings is 1. The van der Waals surface area contributed by atoms with E-state index in [9.17, 15) is 14.9 Å². The first-order valence-corrected chi connectivity index (χ1v) is 11.5. The first-order valence-electron chi connectivity index (χ1n) is 11.5. The maximum atomic E-state index is 13.3. The molecule has 9 nitrogen and oxygen atoms in total. The summed E-state index contributed by atoms with van der Waals surface area (Å²) in [4.78, 5) is 32.3. The highest BCUT2D eigenvalue weighted by molar-refractivity contribution is 5.80. The largest absolute Gasteiger partial charge is 0.439 e. The summed E-state index contributed by atoms with van der Waals surface area (Å²) in [5, 5.41) is 15.8. The number of nitro groups is 1. The van der Waals surface area contributed by atoms with Crippen molar-refractivity contribution in [3.8, 4) is 11.6 Å². The van der Waals surface area contributed by atoms with Crippen LogP contribution in [0.25, 0.3) is 10.9 Å². The molecule has 0 spiro atoms. The first kappa shape index (κ1) is 22.4. The summed E-state index contributed by atoms with van der Waals surface area (Å²) in [6.07, 6.45) is 8.26. The molecule has 2 aromatic carbocycles. The molecule has 0 N–H and O–H groups in total. The lowest BCUT2D eigenvalue weighted by molar-refractivity contribution is -0.385. The van der Waals surface area contributed by atoms with E-state index >= 15 is 0 Å². The second kappa shape index (κ2) is 9.84. The highest BCUT2D eigenvalue weighted by Gasteiger charge is 2.22. The van der Waals surface area contributed by atoms with Crippen molar-refractivity contribution >= 4 is 22.8 Å². The van der Waals surface area contributed by atoms with Crippen LogP contribution in [-0.4, -0.2) is 25.8 Å². The Morgan fingerprint density at radius 1 is 1.03 bits per heavy atom. The lowest BCUT2D eigenvalue weighted by Crippen LogP contribution is -2.25. The molecule has 0 amide bonds. The van der Waals surface area contributed by atoms with E-state index in [1.54, 1.807) is 24.4 Å². The van der Waals surface area contributed by atoms with Gasteiger partial charge in [0.25, 0.3) is 11.2 Å². The number of para-hydroxylation sites is 1. The molecule has 0 atom stereocenters. The van der Waals surface area contributed by atoms with Gasteiger partial charge in [-0.1, -0.05) is 31.4 Å². The van der Waals surface area contributed by atoms with Gasteiger partial charge in [-0.2, -0.15) is 9.78 Å². The topological polar surface area (TPSA) is 113 Å². The molecule has 176 valence electrons. The highest BCUT2D eigenvalue weighted by atomic mass is 16.6. The predicted molar refractivity (Wildman–Crippen MR) is 132 cm³/mol. The third-order valence-corrected chi connectivity index (χ3v) is 6.11. The second-order valence-electron chi connectivity index (χ2n) is 8.47. The van der Waals surface area contributed by atoms with Crippen molar-refractivity contribution < 1.29 is 9.66 Å². The number of hydrogen-bond donors (Lipinski definition) is 0. The van der Waals surface area contributed by atoms with E-state index in [1.807, 2.05) is 30.3 Å². The van der Waals surface area contributed by atoms with Gasteiger partial charge in [-0.3, -0.25) is 14.9 Å². The van der Waals surface area contributed by atoms with Gasteiger partial charge in [0.2, 0.25) is 5.88 Å². The van der Waals surface area contributed by atoms with Gasteiger partial charge in [-0.25, -0.2) is 9.97 Å². The molecular formula is C26H23N5O4. The Balaban J connectivity index is 1.40. The predicted octanol–water partition coefficient (Wildman–Crippen LogP) is 5.42. The van der Waals surface area contributed by atoms with Gasteiger partial charge in [0.1, 0.15) is 17.8 Å². The van der Waals surface area contributed by atoms with Crippen LogP contribution >= 0.6 is 0 Å². The van der Waals surface area contributed by atoms with Crippen LogP contribution < -0.4 is 10.3 Å². The molecule has 5 rings (SSSR count).